The van der Waals surface area contributed by atoms with Crippen LogP contribution >= 0.6 is 0 Å². The highest BCUT2D eigenvalue weighted by Gasteiger charge is 2.29. The van der Waals surface area contributed by atoms with E-state index in [1.807, 2.05) is 6.07 Å². The number of carbonyl (C=O) groups excluding carboxylic acids is 1. The minimum atomic E-state index is 0.0534. The van der Waals surface area contributed by atoms with Crippen molar-refractivity contribution in [1.29, 1.82) is 0 Å². The van der Waals surface area contributed by atoms with Crippen LogP contribution < -0.4 is 5.32 Å². The first-order valence-electron chi connectivity index (χ1n) is 8.02. The molecule has 1 aliphatic carbocycles. The Balaban J connectivity index is 1.50. The van der Waals surface area contributed by atoms with E-state index in [9.17, 15) is 4.79 Å². The van der Waals surface area contributed by atoms with E-state index < -0.39 is 0 Å². The van der Waals surface area contributed by atoms with E-state index in [0.717, 1.165) is 25.7 Å². The fourth-order valence-electron chi connectivity index (χ4n) is 3.46. The van der Waals surface area contributed by atoms with Crippen molar-refractivity contribution in [3.63, 3.8) is 0 Å². The third-order valence-corrected chi connectivity index (χ3v) is 4.67. The van der Waals surface area contributed by atoms with Gasteiger partial charge in [0.15, 0.2) is 0 Å². The van der Waals surface area contributed by atoms with Crippen LogP contribution in [0.1, 0.15) is 51.0 Å². The van der Waals surface area contributed by atoms with Gasteiger partial charge in [-0.05, 0) is 44.2 Å². The third kappa shape index (κ3) is 3.29. The molecule has 1 aromatic carbocycles. The van der Waals surface area contributed by atoms with Gasteiger partial charge in [0.1, 0.15) is 0 Å². The number of hydrogen-bond donors (Lipinski definition) is 2. The number of hydrogen-bond acceptors (Lipinski definition) is 1. The molecular weight excluding hydrogens is 260 g/mol. The number of aromatic amines is 1. The predicted octanol–water partition coefficient (Wildman–Crippen LogP) is 3.94. The number of fused-ring (bicyclic) bond motifs is 1. The predicted molar refractivity (Wildman–Crippen MR) is 86.3 cm³/mol. The average Bonchev–Trinajstić information content (AvgIpc) is 3.06. The Morgan fingerprint density at radius 2 is 2.05 bits per heavy atom. The summed E-state index contributed by atoms with van der Waals surface area (Å²) in [7, 11) is 0. The van der Waals surface area contributed by atoms with Crippen LogP contribution in [0.2, 0.25) is 0 Å². The van der Waals surface area contributed by atoms with Crippen molar-refractivity contribution in [3.05, 3.63) is 36.0 Å². The Labute approximate surface area is 126 Å². The van der Waals surface area contributed by atoms with Crippen LogP contribution in [-0.2, 0) is 11.2 Å². The molecule has 2 aromatic rings. The number of carbonyl (C=O) groups is 1. The van der Waals surface area contributed by atoms with Crippen molar-refractivity contribution in [2.24, 2.45) is 0 Å². The van der Waals surface area contributed by atoms with Crippen LogP contribution in [0.4, 0.5) is 0 Å². The quantitative estimate of drug-likeness (QED) is 0.858. The topological polar surface area (TPSA) is 44.9 Å². The van der Waals surface area contributed by atoms with Crippen molar-refractivity contribution >= 4 is 16.8 Å². The SMILES string of the molecule is CC1(NC(=O)CCCc2c[nH]c3ccccc23)CCCC1. The molecule has 112 valence electrons. The maximum absolute atomic E-state index is 12.1. The molecule has 2 N–H and O–H groups in total. The highest BCUT2D eigenvalue weighted by atomic mass is 16.1. The van der Waals surface area contributed by atoms with Crippen molar-refractivity contribution in [1.82, 2.24) is 10.3 Å². The molecule has 0 spiro atoms. The lowest BCUT2D eigenvalue weighted by Crippen LogP contribution is -2.43. The monoisotopic (exact) mass is 284 g/mol. The van der Waals surface area contributed by atoms with E-state index >= 15 is 0 Å². The molecule has 3 nitrogen and oxygen atoms in total. The van der Waals surface area contributed by atoms with Gasteiger partial charge in [0.2, 0.25) is 5.91 Å². The third-order valence-electron chi connectivity index (χ3n) is 4.67. The number of rotatable bonds is 5. The molecule has 1 amide bonds. The second kappa shape index (κ2) is 5.92. The van der Waals surface area contributed by atoms with Crippen LogP contribution in [0.3, 0.4) is 0 Å². The molecule has 3 heteroatoms. The second-order valence-corrected chi connectivity index (χ2v) is 6.53. The summed E-state index contributed by atoms with van der Waals surface area (Å²) in [5, 5.41) is 4.50. The van der Waals surface area contributed by atoms with E-state index in [1.54, 1.807) is 0 Å². The van der Waals surface area contributed by atoms with E-state index in [4.69, 9.17) is 0 Å². The van der Waals surface area contributed by atoms with Gasteiger partial charge in [0, 0.05) is 29.1 Å². The Hall–Kier alpha value is -1.77. The van der Waals surface area contributed by atoms with E-state index in [0.29, 0.717) is 6.42 Å². The number of aromatic nitrogens is 1. The van der Waals surface area contributed by atoms with Gasteiger partial charge in [-0.3, -0.25) is 4.79 Å². The molecule has 3 rings (SSSR count). The van der Waals surface area contributed by atoms with Gasteiger partial charge < -0.3 is 10.3 Å². The van der Waals surface area contributed by atoms with Crippen molar-refractivity contribution < 1.29 is 4.79 Å². The summed E-state index contributed by atoms with van der Waals surface area (Å²) in [6, 6.07) is 8.33. The lowest BCUT2D eigenvalue weighted by molar-refractivity contribution is -0.122. The van der Waals surface area contributed by atoms with E-state index in [1.165, 1.54) is 29.3 Å². The minimum absolute atomic E-state index is 0.0534. The largest absolute Gasteiger partial charge is 0.361 e. The molecule has 0 radical (unpaired) electrons. The van der Waals surface area contributed by atoms with Gasteiger partial charge in [-0.15, -0.1) is 0 Å². The van der Waals surface area contributed by atoms with Crippen molar-refractivity contribution in [3.8, 4) is 0 Å². The minimum Gasteiger partial charge on any atom is -0.361 e. The molecule has 0 aliphatic heterocycles. The van der Waals surface area contributed by atoms with Gasteiger partial charge in [0.05, 0.1) is 0 Å². The lowest BCUT2D eigenvalue weighted by atomic mass is 10.00. The van der Waals surface area contributed by atoms with Crippen LogP contribution in [-0.4, -0.2) is 16.4 Å². The number of H-pyrrole nitrogens is 1. The molecular formula is C18H24N2O. The molecule has 0 saturated heterocycles. The normalized spacial score (nSPS) is 17.2. The molecule has 21 heavy (non-hydrogen) atoms. The fourth-order valence-corrected chi connectivity index (χ4v) is 3.46. The van der Waals surface area contributed by atoms with Crippen molar-refractivity contribution in [2.45, 2.75) is 57.4 Å². The van der Waals surface area contributed by atoms with Gasteiger partial charge in [-0.25, -0.2) is 0 Å². The fraction of sp³-hybridized carbons (Fsp3) is 0.500. The number of aryl methyl sites for hydroxylation is 1. The molecule has 1 aromatic heterocycles. The maximum atomic E-state index is 12.1. The molecule has 1 saturated carbocycles. The highest BCUT2D eigenvalue weighted by Crippen LogP contribution is 2.29. The number of para-hydroxylation sites is 1. The van der Waals surface area contributed by atoms with Gasteiger partial charge in [0.25, 0.3) is 0 Å². The first kappa shape index (κ1) is 14.2. The number of nitrogens with one attached hydrogen (secondary N) is 2. The Morgan fingerprint density at radius 3 is 2.86 bits per heavy atom. The standard InChI is InChI=1S/C18H24N2O/c1-18(11-4-5-12-18)20-17(21)10-6-7-14-13-19-16-9-3-2-8-15(14)16/h2-3,8-9,13,19H,4-7,10-12H2,1H3,(H,20,21). The van der Waals surface area contributed by atoms with Gasteiger partial charge in [-0.1, -0.05) is 31.0 Å². The van der Waals surface area contributed by atoms with Crippen LogP contribution in [0.5, 0.6) is 0 Å². The Morgan fingerprint density at radius 1 is 1.29 bits per heavy atom. The molecule has 0 unspecified atom stereocenters. The zero-order valence-corrected chi connectivity index (χ0v) is 12.7. The summed E-state index contributed by atoms with van der Waals surface area (Å²) in [5.41, 5.74) is 2.54. The summed E-state index contributed by atoms with van der Waals surface area (Å²) in [6.07, 6.45) is 9.29. The highest BCUT2D eigenvalue weighted by molar-refractivity contribution is 5.83. The van der Waals surface area contributed by atoms with E-state index in [-0.39, 0.29) is 11.4 Å². The summed E-state index contributed by atoms with van der Waals surface area (Å²) in [6.45, 7) is 2.18. The average molecular weight is 284 g/mol. The van der Waals surface area contributed by atoms with Gasteiger partial charge >= 0.3 is 0 Å². The second-order valence-electron chi connectivity index (χ2n) is 6.53. The first-order valence-corrected chi connectivity index (χ1v) is 8.02. The molecule has 0 atom stereocenters. The maximum Gasteiger partial charge on any atom is 0.220 e. The number of amides is 1. The summed E-state index contributed by atoms with van der Waals surface area (Å²) < 4.78 is 0. The van der Waals surface area contributed by atoms with E-state index in [2.05, 4.69) is 41.6 Å². The molecule has 1 heterocycles. The molecule has 1 fully saturated rings. The summed E-state index contributed by atoms with van der Waals surface area (Å²) >= 11 is 0. The first-order chi connectivity index (χ1) is 10.2. The zero-order chi connectivity index (χ0) is 14.7. The Kier molecular flexibility index (Phi) is 4.00. The van der Waals surface area contributed by atoms with Gasteiger partial charge in [-0.2, -0.15) is 0 Å². The number of benzene rings is 1. The van der Waals surface area contributed by atoms with Crippen LogP contribution in [0.25, 0.3) is 10.9 Å². The lowest BCUT2D eigenvalue weighted by Gasteiger charge is -2.25. The Bertz CT molecular complexity index is 623. The summed E-state index contributed by atoms with van der Waals surface area (Å²) in [5.74, 6) is 0.208. The summed E-state index contributed by atoms with van der Waals surface area (Å²) in [4.78, 5) is 15.4. The molecule has 0 bridgehead atoms. The van der Waals surface area contributed by atoms with Crippen LogP contribution in [0.15, 0.2) is 30.5 Å². The van der Waals surface area contributed by atoms with Crippen LogP contribution in [0, 0.1) is 0 Å². The molecule has 1 aliphatic rings. The zero-order valence-electron chi connectivity index (χ0n) is 12.7. The van der Waals surface area contributed by atoms with Crippen molar-refractivity contribution in [2.75, 3.05) is 0 Å². The smallest absolute Gasteiger partial charge is 0.220 e.